The van der Waals surface area contributed by atoms with Crippen LogP contribution in [-0.4, -0.2) is 12.0 Å². The van der Waals surface area contributed by atoms with Crippen molar-refractivity contribution in [1.29, 1.82) is 0 Å². The second kappa shape index (κ2) is 2.66. The van der Waals surface area contributed by atoms with Gasteiger partial charge in [-0.3, -0.25) is 0 Å². The molecule has 0 amide bonds. The van der Waals surface area contributed by atoms with E-state index in [0.29, 0.717) is 12.3 Å². The number of halogens is 2. The van der Waals surface area contributed by atoms with Crippen LogP contribution in [0.2, 0.25) is 0 Å². The van der Waals surface area contributed by atoms with Crippen molar-refractivity contribution in [3.8, 4) is 0 Å². The number of nitrogens with two attached hydrogens (primary N) is 1. The summed E-state index contributed by atoms with van der Waals surface area (Å²) >= 11 is 0. The minimum atomic E-state index is -2.42. The smallest absolute Gasteiger partial charge is 0.248 e. The van der Waals surface area contributed by atoms with E-state index in [1.807, 2.05) is 0 Å². The molecule has 0 radical (unpaired) electrons. The third-order valence-electron chi connectivity index (χ3n) is 3.15. The summed E-state index contributed by atoms with van der Waals surface area (Å²) in [5.41, 5.74) is 5.87. The molecule has 2 rings (SSSR count). The molecule has 2 N–H and O–H groups in total. The van der Waals surface area contributed by atoms with Crippen molar-refractivity contribution in [3.63, 3.8) is 0 Å². The second-order valence-electron chi connectivity index (χ2n) is 4.27. The molecular formula is C9H15F2N. The molecule has 2 unspecified atom stereocenters. The van der Waals surface area contributed by atoms with Crippen LogP contribution in [0.5, 0.6) is 0 Å². The van der Waals surface area contributed by atoms with Gasteiger partial charge in [-0.05, 0) is 31.1 Å². The van der Waals surface area contributed by atoms with E-state index in [9.17, 15) is 8.78 Å². The molecular weight excluding hydrogens is 160 g/mol. The average Bonchev–Trinajstić information content (AvgIpc) is 2.75. The maximum absolute atomic E-state index is 12.8. The van der Waals surface area contributed by atoms with Gasteiger partial charge in [0.1, 0.15) is 0 Å². The van der Waals surface area contributed by atoms with E-state index in [4.69, 9.17) is 5.73 Å². The molecule has 2 aliphatic carbocycles. The topological polar surface area (TPSA) is 26.0 Å². The van der Waals surface area contributed by atoms with Crippen molar-refractivity contribution < 1.29 is 8.78 Å². The average molecular weight is 175 g/mol. The molecule has 12 heavy (non-hydrogen) atoms. The van der Waals surface area contributed by atoms with Crippen LogP contribution in [0.1, 0.15) is 32.1 Å². The summed E-state index contributed by atoms with van der Waals surface area (Å²) in [5.74, 6) is -1.77. The van der Waals surface area contributed by atoms with E-state index >= 15 is 0 Å². The maximum atomic E-state index is 12.8. The first-order valence-electron chi connectivity index (χ1n) is 4.72. The summed E-state index contributed by atoms with van der Waals surface area (Å²) in [6.45, 7) is 0. The third-order valence-corrected chi connectivity index (χ3v) is 3.15. The molecule has 0 spiro atoms. The van der Waals surface area contributed by atoms with Crippen LogP contribution in [0.3, 0.4) is 0 Å². The zero-order valence-electron chi connectivity index (χ0n) is 7.10. The van der Waals surface area contributed by atoms with Crippen LogP contribution in [0.15, 0.2) is 0 Å². The van der Waals surface area contributed by atoms with E-state index < -0.39 is 5.92 Å². The van der Waals surface area contributed by atoms with Crippen molar-refractivity contribution in [3.05, 3.63) is 0 Å². The van der Waals surface area contributed by atoms with Gasteiger partial charge in [0.25, 0.3) is 0 Å². The van der Waals surface area contributed by atoms with Crippen molar-refractivity contribution in [1.82, 2.24) is 0 Å². The summed E-state index contributed by atoms with van der Waals surface area (Å²) in [6, 6.07) is 0.0541. The summed E-state index contributed by atoms with van der Waals surface area (Å²) in [4.78, 5) is 0. The van der Waals surface area contributed by atoms with Crippen molar-refractivity contribution in [2.75, 3.05) is 0 Å². The lowest BCUT2D eigenvalue weighted by molar-refractivity contribution is 0.00361. The Labute approximate surface area is 71.3 Å². The van der Waals surface area contributed by atoms with Crippen LogP contribution in [-0.2, 0) is 0 Å². The molecule has 0 aromatic rings. The highest BCUT2D eigenvalue weighted by Crippen LogP contribution is 2.45. The fourth-order valence-corrected chi connectivity index (χ4v) is 2.18. The van der Waals surface area contributed by atoms with Crippen LogP contribution >= 0.6 is 0 Å². The van der Waals surface area contributed by atoms with Crippen molar-refractivity contribution in [2.24, 2.45) is 17.6 Å². The number of hydrogen-bond acceptors (Lipinski definition) is 1. The number of alkyl halides is 2. The van der Waals surface area contributed by atoms with Gasteiger partial charge in [-0.25, -0.2) is 8.78 Å². The highest BCUT2D eigenvalue weighted by Gasteiger charge is 2.45. The molecule has 2 aliphatic rings. The van der Waals surface area contributed by atoms with Crippen LogP contribution < -0.4 is 5.73 Å². The fraction of sp³-hybridized carbons (Fsp3) is 1.00. The Hall–Kier alpha value is -0.180. The normalized spacial score (nSPS) is 36.8. The largest absolute Gasteiger partial charge is 0.327 e. The molecule has 0 heterocycles. The molecule has 0 aromatic carbocycles. The first-order chi connectivity index (χ1) is 5.58. The van der Waals surface area contributed by atoms with E-state index in [0.717, 1.165) is 12.8 Å². The lowest BCUT2D eigenvalue weighted by atomic mass is 9.95. The zero-order valence-corrected chi connectivity index (χ0v) is 7.10. The van der Waals surface area contributed by atoms with Gasteiger partial charge < -0.3 is 5.73 Å². The van der Waals surface area contributed by atoms with Crippen molar-refractivity contribution >= 4 is 0 Å². The van der Waals surface area contributed by atoms with Gasteiger partial charge in [0, 0.05) is 18.9 Å². The van der Waals surface area contributed by atoms with Gasteiger partial charge >= 0.3 is 0 Å². The Kier molecular flexibility index (Phi) is 1.86. The highest BCUT2D eigenvalue weighted by molar-refractivity contribution is 4.94. The predicted molar refractivity (Wildman–Crippen MR) is 43.0 cm³/mol. The molecule has 0 bridgehead atoms. The van der Waals surface area contributed by atoms with E-state index in [1.165, 1.54) is 0 Å². The molecule has 2 fully saturated rings. The fourth-order valence-electron chi connectivity index (χ4n) is 2.18. The summed E-state index contributed by atoms with van der Waals surface area (Å²) in [6.07, 6.45) is 3.03. The monoisotopic (exact) mass is 175 g/mol. The summed E-state index contributed by atoms with van der Waals surface area (Å²) in [7, 11) is 0. The predicted octanol–water partition coefficient (Wildman–Crippen LogP) is 2.16. The quantitative estimate of drug-likeness (QED) is 0.683. The number of hydrogen-bond donors (Lipinski definition) is 1. The van der Waals surface area contributed by atoms with E-state index in [2.05, 4.69) is 0 Å². The minimum absolute atomic E-state index is 0.0324. The zero-order chi connectivity index (χ0) is 8.77. The van der Waals surface area contributed by atoms with Gasteiger partial charge in [-0.1, -0.05) is 0 Å². The Morgan fingerprint density at radius 1 is 1.17 bits per heavy atom. The van der Waals surface area contributed by atoms with Gasteiger partial charge in [-0.2, -0.15) is 0 Å². The Morgan fingerprint density at radius 2 is 1.83 bits per heavy atom. The molecule has 1 nitrogen and oxygen atoms in total. The molecule has 2 saturated carbocycles. The third kappa shape index (κ3) is 1.60. The van der Waals surface area contributed by atoms with Crippen LogP contribution in [0.4, 0.5) is 8.78 Å². The maximum Gasteiger partial charge on any atom is 0.248 e. The van der Waals surface area contributed by atoms with Crippen molar-refractivity contribution in [2.45, 2.75) is 44.1 Å². The Balaban J connectivity index is 1.89. The van der Waals surface area contributed by atoms with Crippen LogP contribution in [0, 0.1) is 11.8 Å². The molecule has 0 aliphatic heterocycles. The second-order valence-corrected chi connectivity index (χ2v) is 4.27. The number of rotatable bonds is 2. The minimum Gasteiger partial charge on any atom is -0.327 e. The molecule has 2 atom stereocenters. The summed E-state index contributed by atoms with van der Waals surface area (Å²) < 4.78 is 25.6. The van der Waals surface area contributed by atoms with Gasteiger partial charge in [0.2, 0.25) is 5.92 Å². The molecule has 0 saturated heterocycles. The lowest BCUT2D eigenvalue weighted by Gasteiger charge is -2.18. The lowest BCUT2D eigenvalue weighted by Crippen LogP contribution is -2.31. The molecule has 3 heteroatoms. The first-order valence-corrected chi connectivity index (χ1v) is 4.72. The summed E-state index contributed by atoms with van der Waals surface area (Å²) in [5, 5.41) is 0. The first kappa shape index (κ1) is 8.42. The molecule has 70 valence electrons. The van der Waals surface area contributed by atoms with Gasteiger partial charge in [-0.15, -0.1) is 0 Å². The Bertz CT molecular complexity index is 177. The van der Waals surface area contributed by atoms with Gasteiger partial charge in [0.05, 0.1) is 0 Å². The molecule has 0 aromatic heterocycles. The Morgan fingerprint density at radius 3 is 2.25 bits per heavy atom. The highest BCUT2D eigenvalue weighted by atomic mass is 19.3. The SMILES string of the molecule is NC(C1CC1)C1CCC(F)(F)C1. The standard InChI is InChI=1S/C9H15F2N/c10-9(11)4-3-7(5-9)8(12)6-1-2-6/h6-8H,1-5,12H2. The van der Waals surface area contributed by atoms with Crippen LogP contribution in [0.25, 0.3) is 0 Å². The van der Waals surface area contributed by atoms with Gasteiger partial charge in [0.15, 0.2) is 0 Å². The van der Waals surface area contributed by atoms with E-state index in [1.54, 1.807) is 0 Å². The van der Waals surface area contributed by atoms with E-state index in [-0.39, 0.29) is 24.8 Å².